The van der Waals surface area contributed by atoms with Crippen molar-refractivity contribution in [2.24, 2.45) is 23.2 Å². The molecule has 7 rings (SSSR count). The number of carbonyl (C=O) groups excluding carboxylic acids is 1. The van der Waals surface area contributed by atoms with Gasteiger partial charge in [0.1, 0.15) is 5.52 Å². The van der Waals surface area contributed by atoms with E-state index in [9.17, 15) is 4.79 Å². The van der Waals surface area contributed by atoms with E-state index in [2.05, 4.69) is 15.6 Å². The lowest BCUT2D eigenvalue weighted by atomic mass is 9.49. The maximum atomic E-state index is 12.9. The van der Waals surface area contributed by atoms with Crippen molar-refractivity contribution in [3.8, 4) is 11.5 Å². The summed E-state index contributed by atoms with van der Waals surface area (Å²) in [5.41, 5.74) is 4.23. The van der Waals surface area contributed by atoms with E-state index in [-0.39, 0.29) is 16.4 Å². The molecule has 0 radical (unpaired) electrons. The van der Waals surface area contributed by atoms with Crippen molar-refractivity contribution in [2.45, 2.75) is 51.9 Å². The number of rotatable bonds is 4. The van der Waals surface area contributed by atoms with E-state index < -0.39 is 0 Å². The maximum Gasteiger partial charge on any atom is 0.227 e. The van der Waals surface area contributed by atoms with Gasteiger partial charge in [-0.3, -0.25) is 4.79 Å². The van der Waals surface area contributed by atoms with Crippen LogP contribution < -0.4 is 10.6 Å². The molecule has 176 valence electrons. The number of fused-ring (bicyclic) bond motifs is 1. The van der Waals surface area contributed by atoms with Crippen molar-refractivity contribution < 1.29 is 9.21 Å². The van der Waals surface area contributed by atoms with Gasteiger partial charge in [0.15, 0.2) is 10.7 Å². The molecule has 4 fully saturated rings. The van der Waals surface area contributed by atoms with Gasteiger partial charge in [-0.05, 0) is 117 Å². The van der Waals surface area contributed by atoms with Crippen molar-refractivity contribution in [2.75, 3.05) is 5.32 Å². The van der Waals surface area contributed by atoms with Gasteiger partial charge in [-0.2, -0.15) is 0 Å². The summed E-state index contributed by atoms with van der Waals surface area (Å²) >= 11 is 11.9. The number of nitrogens with one attached hydrogen (secondary N) is 2. The lowest BCUT2D eigenvalue weighted by molar-refractivity contribution is -0.127. The molecule has 2 N–H and O–H groups in total. The van der Waals surface area contributed by atoms with Crippen LogP contribution in [0.25, 0.3) is 22.6 Å². The molecule has 34 heavy (non-hydrogen) atoms. The first-order valence-electron chi connectivity index (χ1n) is 12.1. The zero-order chi connectivity index (χ0) is 23.4. The Labute approximate surface area is 209 Å². The number of amides is 1. The lowest BCUT2D eigenvalue weighted by Gasteiger charge is -2.56. The normalized spacial score (nSPS) is 27.2. The van der Waals surface area contributed by atoms with Crippen molar-refractivity contribution in [1.82, 2.24) is 10.3 Å². The molecule has 5 nitrogen and oxygen atoms in total. The number of anilines is 1. The molecule has 1 heterocycles. The quantitative estimate of drug-likeness (QED) is 0.388. The largest absolute Gasteiger partial charge is 0.436 e. The predicted octanol–water partition coefficient (Wildman–Crippen LogP) is 6.88. The molecule has 1 amide bonds. The van der Waals surface area contributed by atoms with Crippen LogP contribution in [0.15, 0.2) is 40.8 Å². The van der Waals surface area contributed by atoms with Crippen molar-refractivity contribution in [1.29, 1.82) is 0 Å². The monoisotopic (exact) mass is 493 g/mol. The molecule has 4 bridgehead atoms. The summed E-state index contributed by atoms with van der Waals surface area (Å²) in [6, 6.07) is 11.4. The number of hydrogen-bond donors (Lipinski definition) is 2. The van der Waals surface area contributed by atoms with E-state index in [1.165, 1.54) is 38.5 Å². The second-order valence-corrected chi connectivity index (χ2v) is 11.6. The number of thiocarbonyl (C=S) groups is 1. The van der Waals surface area contributed by atoms with Gasteiger partial charge in [-0.1, -0.05) is 17.7 Å². The van der Waals surface area contributed by atoms with E-state index in [1.54, 1.807) is 6.07 Å². The Morgan fingerprint density at radius 1 is 1.12 bits per heavy atom. The van der Waals surface area contributed by atoms with E-state index in [0.29, 0.717) is 23.0 Å². The Bertz CT molecular complexity index is 1260. The van der Waals surface area contributed by atoms with Crippen LogP contribution in [0.4, 0.5) is 5.69 Å². The molecule has 0 spiro atoms. The van der Waals surface area contributed by atoms with Gasteiger partial charge in [0.2, 0.25) is 11.8 Å². The Hall–Kier alpha value is -2.44. The topological polar surface area (TPSA) is 67.2 Å². The minimum Gasteiger partial charge on any atom is -0.436 e. The van der Waals surface area contributed by atoms with Crippen LogP contribution in [-0.4, -0.2) is 16.0 Å². The SMILES string of the molecule is Cc1ccc2nc(-c3ccc(Cl)c(NC(=S)NC(=O)CC45CC6CC(CC(C6)C4)C5)c3)oc2c1. The number of oxazole rings is 1. The zero-order valence-corrected chi connectivity index (χ0v) is 20.8. The van der Waals surface area contributed by atoms with Gasteiger partial charge in [-0.25, -0.2) is 4.98 Å². The number of benzene rings is 2. The van der Waals surface area contributed by atoms with Crippen LogP contribution in [0.1, 0.15) is 50.5 Å². The molecular weight excluding hydrogens is 466 g/mol. The number of nitrogens with zero attached hydrogens (tertiary/aromatic N) is 1. The highest BCUT2D eigenvalue weighted by atomic mass is 35.5. The van der Waals surface area contributed by atoms with Crippen molar-refractivity contribution >= 4 is 51.6 Å². The fourth-order valence-corrected chi connectivity index (χ4v) is 7.47. The molecule has 4 aliphatic carbocycles. The van der Waals surface area contributed by atoms with Crippen LogP contribution in [-0.2, 0) is 4.79 Å². The van der Waals surface area contributed by atoms with Gasteiger partial charge in [0.05, 0.1) is 10.7 Å². The third kappa shape index (κ3) is 4.22. The third-order valence-corrected chi connectivity index (χ3v) is 8.49. The summed E-state index contributed by atoms with van der Waals surface area (Å²) in [5, 5.41) is 6.78. The minimum absolute atomic E-state index is 0.000970. The molecule has 0 aliphatic heterocycles. The maximum absolute atomic E-state index is 12.9. The van der Waals surface area contributed by atoms with Crippen LogP contribution in [0.2, 0.25) is 5.02 Å². The summed E-state index contributed by atoms with van der Waals surface area (Å²) in [6.45, 7) is 2.02. The summed E-state index contributed by atoms with van der Waals surface area (Å²) in [6.07, 6.45) is 8.27. The second-order valence-electron chi connectivity index (χ2n) is 10.8. The Balaban J connectivity index is 1.13. The summed E-state index contributed by atoms with van der Waals surface area (Å²) in [4.78, 5) is 17.5. The molecule has 4 aliphatic rings. The average Bonchev–Trinajstić information content (AvgIpc) is 3.17. The molecule has 7 heteroatoms. The average molecular weight is 494 g/mol. The van der Waals surface area contributed by atoms with Gasteiger partial charge >= 0.3 is 0 Å². The molecule has 0 saturated heterocycles. The minimum atomic E-state index is 0.000970. The van der Waals surface area contributed by atoms with Crippen LogP contribution in [0.5, 0.6) is 0 Å². The Morgan fingerprint density at radius 2 is 1.82 bits per heavy atom. The van der Waals surface area contributed by atoms with Gasteiger partial charge in [-0.15, -0.1) is 0 Å². The van der Waals surface area contributed by atoms with Crippen molar-refractivity contribution in [3.63, 3.8) is 0 Å². The Morgan fingerprint density at radius 3 is 2.53 bits per heavy atom. The van der Waals surface area contributed by atoms with E-state index in [0.717, 1.165) is 40.0 Å². The molecule has 3 aromatic rings. The van der Waals surface area contributed by atoms with Crippen molar-refractivity contribution in [3.05, 3.63) is 47.0 Å². The number of halogens is 1. The zero-order valence-electron chi connectivity index (χ0n) is 19.2. The summed E-state index contributed by atoms with van der Waals surface area (Å²) < 4.78 is 5.95. The number of hydrogen-bond acceptors (Lipinski definition) is 4. The van der Waals surface area contributed by atoms with Gasteiger partial charge in [0.25, 0.3) is 0 Å². The van der Waals surface area contributed by atoms with Crippen LogP contribution in [0.3, 0.4) is 0 Å². The Kier molecular flexibility index (Phi) is 5.41. The molecule has 0 atom stereocenters. The summed E-state index contributed by atoms with van der Waals surface area (Å²) in [5.74, 6) is 2.97. The molecule has 2 aromatic carbocycles. The third-order valence-electron chi connectivity index (χ3n) is 7.96. The fourth-order valence-electron chi connectivity index (χ4n) is 7.08. The first-order chi connectivity index (χ1) is 16.3. The number of aromatic nitrogens is 1. The van der Waals surface area contributed by atoms with Gasteiger partial charge < -0.3 is 15.1 Å². The summed E-state index contributed by atoms with van der Waals surface area (Å²) in [7, 11) is 0. The molecular formula is C27H28ClN3O2S. The second kappa shape index (κ2) is 8.35. The van der Waals surface area contributed by atoms with Crippen LogP contribution in [0, 0.1) is 30.1 Å². The fraction of sp³-hybridized carbons (Fsp3) is 0.444. The smallest absolute Gasteiger partial charge is 0.227 e. The highest BCUT2D eigenvalue weighted by Crippen LogP contribution is 2.61. The van der Waals surface area contributed by atoms with E-state index in [4.69, 9.17) is 28.2 Å². The predicted molar refractivity (Wildman–Crippen MR) is 139 cm³/mol. The molecule has 4 saturated carbocycles. The number of aryl methyl sites for hydroxylation is 1. The first-order valence-corrected chi connectivity index (χ1v) is 12.9. The highest BCUT2D eigenvalue weighted by molar-refractivity contribution is 7.80. The van der Waals surface area contributed by atoms with Crippen LogP contribution >= 0.6 is 23.8 Å². The van der Waals surface area contributed by atoms with E-state index >= 15 is 0 Å². The van der Waals surface area contributed by atoms with E-state index in [1.807, 2.05) is 37.3 Å². The molecule has 0 unspecified atom stereocenters. The standard InChI is InChI=1S/C27H28ClN3O2S/c1-15-2-5-21-23(6-15)33-25(29-21)19-3-4-20(28)22(10-19)30-26(34)31-24(32)14-27-11-16-7-17(12-27)9-18(8-16)13-27/h2-6,10,16-18H,7-9,11-14H2,1H3,(H2,30,31,32,34). The first kappa shape index (κ1) is 22.1. The number of carbonyl (C=O) groups is 1. The highest BCUT2D eigenvalue weighted by Gasteiger charge is 2.51. The van der Waals surface area contributed by atoms with Gasteiger partial charge in [0, 0.05) is 12.0 Å². The molecule has 1 aromatic heterocycles. The lowest BCUT2D eigenvalue weighted by Crippen LogP contribution is -2.48.